The number of rotatable bonds is 6. The zero-order chi connectivity index (χ0) is 21.6. The Bertz CT molecular complexity index is 999. The quantitative estimate of drug-likeness (QED) is 0.632. The molecule has 1 aliphatic heterocycles. The van der Waals surface area contributed by atoms with Crippen LogP contribution in [0.2, 0.25) is 0 Å². The van der Waals surface area contributed by atoms with Crippen LogP contribution in [0.1, 0.15) is 29.7 Å². The molecule has 0 aromatic heterocycles. The van der Waals surface area contributed by atoms with E-state index in [0.29, 0.717) is 0 Å². The number of hydrogen-bond donors (Lipinski definition) is 1. The van der Waals surface area contributed by atoms with E-state index in [1.54, 1.807) is 12.1 Å². The molecule has 1 saturated heterocycles. The molecule has 160 valence electrons. The lowest BCUT2D eigenvalue weighted by Gasteiger charge is -2.40. The Morgan fingerprint density at radius 1 is 0.903 bits per heavy atom. The van der Waals surface area contributed by atoms with Crippen LogP contribution in [-0.4, -0.2) is 41.9 Å². The Labute approximate surface area is 183 Å². The Morgan fingerprint density at radius 3 is 2.26 bits per heavy atom. The standard InChI is InChI=1S/C26H28FN3O/c1-20(31)28-25-12-10-22(11-13-25)26(23-8-5-9-24(27)18-23)30-16-14-29(15-17-30)19-21-6-3-2-4-7-21/h2-13,18,26H,14-17,19H2,1H3,(H,28,31). The van der Waals surface area contributed by atoms with Gasteiger partial charge < -0.3 is 5.32 Å². The van der Waals surface area contributed by atoms with E-state index in [9.17, 15) is 9.18 Å². The second-order valence-corrected chi connectivity index (χ2v) is 8.06. The average Bonchev–Trinajstić information content (AvgIpc) is 2.77. The Morgan fingerprint density at radius 2 is 1.61 bits per heavy atom. The minimum absolute atomic E-state index is 0.0269. The van der Waals surface area contributed by atoms with Gasteiger partial charge in [-0.15, -0.1) is 0 Å². The van der Waals surface area contributed by atoms with Crippen LogP contribution in [0.15, 0.2) is 78.9 Å². The molecule has 1 heterocycles. The van der Waals surface area contributed by atoms with Crippen LogP contribution in [0.5, 0.6) is 0 Å². The van der Waals surface area contributed by atoms with Crippen LogP contribution >= 0.6 is 0 Å². The molecule has 4 nitrogen and oxygen atoms in total. The summed E-state index contributed by atoms with van der Waals surface area (Å²) in [5.74, 6) is -0.316. The number of carbonyl (C=O) groups is 1. The van der Waals surface area contributed by atoms with Crippen LogP contribution in [-0.2, 0) is 11.3 Å². The van der Waals surface area contributed by atoms with Crippen LogP contribution < -0.4 is 5.32 Å². The van der Waals surface area contributed by atoms with Crippen molar-refractivity contribution in [1.29, 1.82) is 0 Å². The number of nitrogens with zero attached hydrogens (tertiary/aromatic N) is 2. The Hall–Kier alpha value is -3.02. The van der Waals surface area contributed by atoms with Gasteiger partial charge in [0.2, 0.25) is 5.91 Å². The molecule has 1 unspecified atom stereocenters. The number of amides is 1. The maximum atomic E-state index is 14.0. The molecule has 0 spiro atoms. The zero-order valence-corrected chi connectivity index (χ0v) is 17.8. The van der Waals surface area contributed by atoms with E-state index in [-0.39, 0.29) is 17.8 Å². The van der Waals surface area contributed by atoms with Gasteiger partial charge in [-0.25, -0.2) is 4.39 Å². The lowest BCUT2D eigenvalue weighted by Crippen LogP contribution is -2.47. The Balaban J connectivity index is 1.52. The summed E-state index contributed by atoms with van der Waals surface area (Å²) >= 11 is 0. The Kier molecular flexibility index (Phi) is 6.75. The van der Waals surface area contributed by atoms with Gasteiger partial charge >= 0.3 is 0 Å². The zero-order valence-electron chi connectivity index (χ0n) is 17.8. The van der Waals surface area contributed by atoms with Gasteiger partial charge in [-0.2, -0.15) is 0 Å². The van der Waals surface area contributed by atoms with Crippen molar-refractivity contribution in [3.8, 4) is 0 Å². The molecule has 31 heavy (non-hydrogen) atoms. The monoisotopic (exact) mass is 417 g/mol. The highest BCUT2D eigenvalue weighted by Crippen LogP contribution is 2.31. The van der Waals surface area contributed by atoms with E-state index in [2.05, 4.69) is 39.4 Å². The SMILES string of the molecule is CC(=O)Nc1ccc(C(c2cccc(F)c2)N2CCN(Cc3ccccc3)CC2)cc1. The van der Waals surface area contributed by atoms with Crippen molar-refractivity contribution < 1.29 is 9.18 Å². The minimum Gasteiger partial charge on any atom is -0.326 e. The molecule has 1 fully saturated rings. The summed E-state index contributed by atoms with van der Waals surface area (Å²) in [7, 11) is 0. The van der Waals surface area contributed by atoms with Crippen molar-refractivity contribution in [3.05, 3.63) is 101 Å². The van der Waals surface area contributed by atoms with E-state index in [1.807, 2.05) is 36.4 Å². The first kappa shape index (κ1) is 21.2. The molecular formula is C26H28FN3O. The van der Waals surface area contributed by atoms with Crippen molar-refractivity contribution in [2.75, 3.05) is 31.5 Å². The molecule has 1 N–H and O–H groups in total. The van der Waals surface area contributed by atoms with Crippen molar-refractivity contribution >= 4 is 11.6 Å². The summed E-state index contributed by atoms with van der Waals surface area (Å²) in [6.45, 7) is 6.18. The molecule has 3 aromatic carbocycles. The van der Waals surface area contributed by atoms with Gasteiger partial charge in [0.05, 0.1) is 6.04 Å². The van der Waals surface area contributed by atoms with Gasteiger partial charge in [0.1, 0.15) is 5.82 Å². The van der Waals surface area contributed by atoms with E-state index in [1.165, 1.54) is 18.6 Å². The first-order valence-electron chi connectivity index (χ1n) is 10.7. The van der Waals surface area contributed by atoms with E-state index >= 15 is 0 Å². The smallest absolute Gasteiger partial charge is 0.221 e. The minimum atomic E-state index is -0.222. The predicted octanol–water partition coefficient (Wildman–Crippen LogP) is 4.69. The van der Waals surface area contributed by atoms with E-state index < -0.39 is 0 Å². The van der Waals surface area contributed by atoms with Crippen LogP contribution in [0, 0.1) is 5.82 Å². The summed E-state index contributed by atoms with van der Waals surface area (Å²) in [6, 6.07) is 25.3. The van der Waals surface area contributed by atoms with E-state index in [0.717, 1.165) is 49.5 Å². The van der Waals surface area contributed by atoms with Crippen LogP contribution in [0.3, 0.4) is 0 Å². The topological polar surface area (TPSA) is 35.6 Å². The van der Waals surface area contributed by atoms with Crippen LogP contribution in [0.4, 0.5) is 10.1 Å². The van der Waals surface area contributed by atoms with Gasteiger partial charge in [0.25, 0.3) is 0 Å². The summed E-state index contributed by atoms with van der Waals surface area (Å²) in [6.07, 6.45) is 0. The predicted molar refractivity (Wildman–Crippen MR) is 122 cm³/mol. The highest BCUT2D eigenvalue weighted by atomic mass is 19.1. The number of anilines is 1. The fourth-order valence-corrected chi connectivity index (χ4v) is 4.26. The third kappa shape index (κ3) is 5.57. The lowest BCUT2D eigenvalue weighted by molar-refractivity contribution is -0.114. The molecule has 0 aliphatic carbocycles. The second kappa shape index (κ2) is 9.86. The number of nitrogens with one attached hydrogen (secondary N) is 1. The molecule has 1 atom stereocenters. The maximum Gasteiger partial charge on any atom is 0.221 e. The van der Waals surface area contributed by atoms with Crippen molar-refractivity contribution in [2.24, 2.45) is 0 Å². The number of piperazine rings is 1. The summed E-state index contributed by atoms with van der Waals surface area (Å²) < 4.78 is 14.0. The normalized spacial score (nSPS) is 16.1. The molecule has 1 aliphatic rings. The number of hydrogen-bond acceptors (Lipinski definition) is 3. The summed E-state index contributed by atoms with van der Waals surface area (Å²) in [4.78, 5) is 16.2. The molecular weight excluding hydrogens is 389 g/mol. The molecule has 0 bridgehead atoms. The number of halogens is 1. The number of benzene rings is 3. The first-order valence-corrected chi connectivity index (χ1v) is 10.7. The third-order valence-corrected chi connectivity index (χ3v) is 5.73. The van der Waals surface area contributed by atoms with Crippen molar-refractivity contribution in [1.82, 2.24) is 9.80 Å². The molecule has 0 saturated carbocycles. The van der Waals surface area contributed by atoms with Gasteiger partial charge in [0.15, 0.2) is 0 Å². The average molecular weight is 418 g/mol. The highest BCUT2D eigenvalue weighted by Gasteiger charge is 2.26. The van der Waals surface area contributed by atoms with Crippen molar-refractivity contribution in [2.45, 2.75) is 19.5 Å². The van der Waals surface area contributed by atoms with Crippen LogP contribution in [0.25, 0.3) is 0 Å². The second-order valence-electron chi connectivity index (χ2n) is 8.06. The molecule has 5 heteroatoms. The van der Waals surface area contributed by atoms with E-state index in [4.69, 9.17) is 0 Å². The summed E-state index contributed by atoms with van der Waals surface area (Å²) in [5.41, 5.74) is 4.13. The fraction of sp³-hybridized carbons (Fsp3) is 0.269. The maximum absolute atomic E-state index is 14.0. The molecule has 1 amide bonds. The third-order valence-electron chi connectivity index (χ3n) is 5.73. The number of carbonyl (C=O) groups excluding carboxylic acids is 1. The molecule has 4 rings (SSSR count). The lowest BCUT2D eigenvalue weighted by atomic mass is 9.96. The van der Waals surface area contributed by atoms with Gasteiger partial charge in [-0.05, 0) is 41.0 Å². The first-order chi connectivity index (χ1) is 15.1. The van der Waals surface area contributed by atoms with Gasteiger partial charge in [0, 0.05) is 45.3 Å². The molecule has 3 aromatic rings. The fourth-order valence-electron chi connectivity index (χ4n) is 4.26. The van der Waals surface area contributed by atoms with Gasteiger partial charge in [-0.3, -0.25) is 14.6 Å². The largest absolute Gasteiger partial charge is 0.326 e. The van der Waals surface area contributed by atoms with Crippen molar-refractivity contribution in [3.63, 3.8) is 0 Å². The van der Waals surface area contributed by atoms with Gasteiger partial charge in [-0.1, -0.05) is 54.6 Å². The summed E-state index contributed by atoms with van der Waals surface area (Å²) in [5, 5.41) is 2.81. The highest BCUT2D eigenvalue weighted by molar-refractivity contribution is 5.88. The molecule has 0 radical (unpaired) electrons.